The van der Waals surface area contributed by atoms with Crippen LogP contribution in [-0.2, 0) is 4.74 Å². The number of carbonyl (C=O) groups is 2. The molecule has 0 spiro atoms. The molecule has 0 saturated carbocycles. The molecule has 1 aliphatic heterocycles. The monoisotopic (exact) mass is 398 g/mol. The Morgan fingerprint density at radius 3 is 2.22 bits per heavy atom. The second kappa shape index (κ2) is 8.69. The van der Waals surface area contributed by atoms with E-state index in [1.54, 1.807) is 21.9 Å². The van der Waals surface area contributed by atoms with E-state index in [0.717, 1.165) is 0 Å². The lowest BCUT2D eigenvalue weighted by Crippen LogP contribution is -2.51. The highest BCUT2D eigenvalue weighted by Crippen LogP contribution is 2.36. The van der Waals surface area contributed by atoms with Gasteiger partial charge in [-0.25, -0.2) is 4.79 Å². The molecule has 0 bridgehead atoms. The van der Waals surface area contributed by atoms with E-state index in [-0.39, 0.29) is 12.0 Å². The van der Waals surface area contributed by atoms with E-state index in [0.29, 0.717) is 54.9 Å². The lowest BCUT2D eigenvalue weighted by Gasteiger charge is -2.35. The van der Waals surface area contributed by atoms with E-state index in [4.69, 9.17) is 25.8 Å². The second-order valence-electron chi connectivity index (χ2n) is 7.18. The Morgan fingerprint density at radius 2 is 1.70 bits per heavy atom. The van der Waals surface area contributed by atoms with Crippen molar-refractivity contribution in [2.24, 2.45) is 0 Å². The van der Waals surface area contributed by atoms with Crippen molar-refractivity contribution in [3.05, 3.63) is 22.7 Å². The van der Waals surface area contributed by atoms with E-state index < -0.39 is 5.60 Å². The Balaban J connectivity index is 2.05. The van der Waals surface area contributed by atoms with Gasteiger partial charge in [0.05, 0.1) is 18.7 Å². The summed E-state index contributed by atoms with van der Waals surface area (Å²) in [6.45, 7) is 9.45. The summed E-state index contributed by atoms with van der Waals surface area (Å²) in [5, 5.41) is 0.326. The Bertz CT molecular complexity index is 694. The third-order valence-corrected chi connectivity index (χ3v) is 4.26. The molecule has 0 radical (unpaired) electrons. The van der Waals surface area contributed by atoms with Gasteiger partial charge in [0.2, 0.25) is 0 Å². The lowest BCUT2D eigenvalue weighted by molar-refractivity contribution is 0.0141. The van der Waals surface area contributed by atoms with Gasteiger partial charge < -0.3 is 24.0 Å². The fraction of sp³-hybridized carbons (Fsp3) is 0.579. The first-order valence-electron chi connectivity index (χ1n) is 8.93. The average molecular weight is 399 g/mol. The van der Waals surface area contributed by atoms with Gasteiger partial charge in [-0.15, -0.1) is 0 Å². The van der Waals surface area contributed by atoms with Gasteiger partial charge in [0.25, 0.3) is 5.91 Å². The highest BCUT2D eigenvalue weighted by atomic mass is 35.5. The van der Waals surface area contributed by atoms with Crippen molar-refractivity contribution >= 4 is 23.6 Å². The number of carbonyl (C=O) groups excluding carboxylic acids is 2. The molecule has 1 fully saturated rings. The molecule has 7 nitrogen and oxygen atoms in total. The van der Waals surface area contributed by atoms with Gasteiger partial charge in [-0.1, -0.05) is 11.6 Å². The zero-order valence-electron chi connectivity index (χ0n) is 16.5. The quantitative estimate of drug-likeness (QED) is 0.777. The molecule has 0 aliphatic carbocycles. The first kappa shape index (κ1) is 21.2. The van der Waals surface area contributed by atoms with E-state index in [1.807, 2.05) is 27.7 Å². The maximum absolute atomic E-state index is 12.8. The van der Waals surface area contributed by atoms with Crippen LogP contribution in [0.4, 0.5) is 4.79 Å². The summed E-state index contributed by atoms with van der Waals surface area (Å²) in [6.07, 6.45) is -0.361. The molecule has 1 aromatic carbocycles. The zero-order chi connectivity index (χ0) is 20.2. The second-order valence-corrected chi connectivity index (χ2v) is 7.59. The number of amides is 2. The lowest BCUT2D eigenvalue weighted by atomic mass is 10.1. The van der Waals surface area contributed by atoms with Crippen LogP contribution in [0, 0.1) is 0 Å². The molecule has 1 heterocycles. The molecule has 0 N–H and O–H groups in total. The molecule has 27 heavy (non-hydrogen) atoms. The number of halogens is 1. The van der Waals surface area contributed by atoms with Crippen LogP contribution in [0.3, 0.4) is 0 Å². The van der Waals surface area contributed by atoms with Gasteiger partial charge in [0.15, 0.2) is 11.5 Å². The Morgan fingerprint density at radius 1 is 1.11 bits per heavy atom. The molecule has 150 valence electrons. The van der Waals surface area contributed by atoms with E-state index in [2.05, 4.69) is 0 Å². The third kappa shape index (κ3) is 5.42. The van der Waals surface area contributed by atoms with Crippen LogP contribution in [0.1, 0.15) is 38.1 Å². The first-order valence-corrected chi connectivity index (χ1v) is 9.31. The Hall–Kier alpha value is -2.15. The van der Waals surface area contributed by atoms with Gasteiger partial charge >= 0.3 is 6.09 Å². The number of hydrogen-bond donors (Lipinski definition) is 0. The topological polar surface area (TPSA) is 68.3 Å². The van der Waals surface area contributed by atoms with Gasteiger partial charge in [-0.3, -0.25) is 4.79 Å². The maximum Gasteiger partial charge on any atom is 0.410 e. The van der Waals surface area contributed by atoms with Crippen molar-refractivity contribution in [2.45, 2.75) is 33.3 Å². The molecular formula is C19H27ClN2O5. The predicted octanol–water partition coefficient (Wildman–Crippen LogP) is 3.44. The van der Waals surface area contributed by atoms with E-state index in [1.165, 1.54) is 7.11 Å². The molecule has 0 unspecified atom stereocenters. The number of benzene rings is 1. The van der Waals surface area contributed by atoms with Crippen LogP contribution >= 0.6 is 11.6 Å². The van der Waals surface area contributed by atoms with Crippen LogP contribution < -0.4 is 9.47 Å². The number of piperazine rings is 1. The van der Waals surface area contributed by atoms with Crippen LogP contribution in [0.15, 0.2) is 12.1 Å². The Kier molecular flexibility index (Phi) is 6.81. The molecule has 1 saturated heterocycles. The summed E-state index contributed by atoms with van der Waals surface area (Å²) in [5.74, 6) is 0.676. The molecule has 2 rings (SSSR count). The number of methoxy groups -OCH3 is 1. The van der Waals surface area contributed by atoms with Gasteiger partial charge in [-0.05, 0) is 39.8 Å². The largest absolute Gasteiger partial charge is 0.493 e. The molecular weight excluding hydrogens is 372 g/mol. The highest BCUT2D eigenvalue weighted by molar-refractivity contribution is 6.32. The summed E-state index contributed by atoms with van der Waals surface area (Å²) in [6, 6.07) is 3.21. The minimum absolute atomic E-state index is 0.165. The molecule has 2 amide bonds. The summed E-state index contributed by atoms with van der Waals surface area (Å²) >= 11 is 6.26. The number of rotatable bonds is 4. The minimum Gasteiger partial charge on any atom is -0.493 e. The third-order valence-electron chi connectivity index (χ3n) is 3.98. The normalized spacial score (nSPS) is 14.7. The fourth-order valence-corrected chi connectivity index (χ4v) is 2.99. The van der Waals surface area contributed by atoms with Crippen LogP contribution in [-0.4, -0.2) is 67.3 Å². The van der Waals surface area contributed by atoms with Crippen molar-refractivity contribution in [2.75, 3.05) is 39.9 Å². The minimum atomic E-state index is -0.542. The summed E-state index contributed by atoms with van der Waals surface area (Å²) in [4.78, 5) is 28.3. The molecule has 1 aliphatic rings. The van der Waals surface area contributed by atoms with Crippen LogP contribution in [0.2, 0.25) is 5.02 Å². The van der Waals surface area contributed by atoms with Gasteiger partial charge in [0, 0.05) is 31.7 Å². The van der Waals surface area contributed by atoms with Crippen LogP contribution in [0.25, 0.3) is 0 Å². The molecule has 1 aromatic rings. The van der Waals surface area contributed by atoms with Gasteiger partial charge in [0.1, 0.15) is 5.60 Å². The molecule has 0 aromatic heterocycles. The predicted molar refractivity (Wildman–Crippen MR) is 103 cm³/mol. The van der Waals surface area contributed by atoms with E-state index >= 15 is 0 Å². The highest BCUT2D eigenvalue weighted by Gasteiger charge is 2.28. The van der Waals surface area contributed by atoms with Crippen LogP contribution in [0.5, 0.6) is 11.5 Å². The smallest absolute Gasteiger partial charge is 0.410 e. The maximum atomic E-state index is 12.8. The van der Waals surface area contributed by atoms with Crippen molar-refractivity contribution in [1.29, 1.82) is 0 Å². The summed E-state index contributed by atoms with van der Waals surface area (Å²) in [7, 11) is 1.50. The van der Waals surface area contributed by atoms with Crippen molar-refractivity contribution in [3.63, 3.8) is 0 Å². The van der Waals surface area contributed by atoms with Crippen molar-refractivity contribution in [3.8, 4) is 11.5 Å². The van der Waals surface area contributed by atoms with Gasteiger partial charge in [-0.2, -0.15) is 0 Å². The Labute approximate surface area is 165 Å². The number of hydrogen-bond acceptors (Lipinski definition) is 5. The number of nitrogens with zero attached hydrogens (tertiary/aromatic N) is 2. The zero-order valence-corrected chi connectivity index (χ0v) is 17.3. The first-order chi connectivity index (χ1) is 12.7. The molecule has 8 heteroatoms. The van der Waals surface area contributed by atoms with Crippen molar-refractivity contribution in [1.82, 2.24) is 9.80 Å². The summed E-state index contributed by atoms with van der Waals surface area (Å²) < 4.78 is 16.2. The van der Waals surface area contributed by atoms with Crippen molar-refractivity contribution < 1.29 is 23.8 Å². The average Bonchev–Trinajstić information content (AvgIpc) is 2.61. The van der Waals surface area contributed by atoms with E-state index in [9.17, 15) is 9.59 Å². The summed E-state index contributed by atoms with van der Waals surface area (Å²) in [5.41, 5.74) is -0.120. The number of ether oxygens (including phenoxy) is 3. The SMILES string of the molecule is CCOc1c(Cl)cc(C(=O)N2CCN(C(=O)OC(C)(C)C)CC2)cc1OC. The molecule has 0 atom stereocenters. The fourth-order valence-electron chi connectivity index (χ4n) is 2.73. The standard InChI is InChI=1S/C19H27ClN2O5/c1-6-26-16-14(20)11-13(12-15(16)25-5)17(23)21-7-9-22(10-8-21)18(24)27-19(2,3)4/h11-12H,6-10H2,1-5H3.